The molecule has 0 bridgehead atoms. The molecular formula is C12H12ClNO. The van der Waals surface area contributed by atoms with Gasteiger partial charge in [0.1, 0.15) is 0 Å². The number of benzene rings is 1. The molecule has 2 N–H and O–H groups in total. The van der Waals surface area contributed by atoms with Crippen molar-refractivity contribution in [2.75, 3.05) is 5.88 Å². The van der Waals surface area contributed by atoms with Gasteiger partial charge >= 0.3 is 0 Å². The van der Waals surface area contributed by atoms with Crippen LogP contribution in [0.25, 0.3) is 0 Å². The van der Waals surface area contributed by atoms with E-state index in [0.29, 0.717) is 11.4 Å². The molecule has 3 heteroatoms. The van der Waals surface area contributed by atoms with E-state index in [1.165, 1.54) is 0 Å². The van der Waals surface area contributed by atoms with Crippen LogP contribution in [0.2, 0.25) is 0 Å². The Balaban J connectivity index is 3.06. The Labute approximate surface area is 94.4 Å². The molecule has 0 atom stereocenters. The Morgan fingerprint density at radius 3 is 2.80 bits per heavy atom. The number of halogens is 1. The van der Waals surface area contributed by atoms with Gasteiger partial charge in [0.05, 0.1) is 0 Å². The minimum absolute atomic E-state index is 0.428. The van der Waals surface area contributed by atoms with Crippen LogP contribution in [0.5, 0.6) is 0 Å². The highest BCUT2D eigenvalue weighted by Crippen LogP contribution is 2.13. The number of amides is 1. The molecule has 0 aliphatic carbocycles. The smallest absolute Gasteiger partial charge is 0.248 e. The number of hydrogen-bond donors (Lipinski definition) is 1. The topological polar surface area (TPSA) is 43.1 Å². The van der Waals surface area contributed by atoms with Gasteiger partial charge in [-0.3, -0.25) is 4.79 Å². The predicted octanol–water partition coefficient (Wildman–Crippen LogP) is 1.94. The van der Waals surface area contributed by atoms with Gasteiger partial charge in [-0.2, -0.15) is 0 Å². The Morgan fingerprint density at radius 2 is 2.27 bits per heavy atom. The van der Waals surface area contributed by atoms with Gasteiger partial charge in [-0.15, -0.1) is 18.0 Å². The van der Waals surface area contributed by atoms with E-state index in [4.69, 9.17) is 23.8 Å². The van der Waals surface area contributed by atoms with E-state index in [9.17, 15) is 4.79 Å². The number of carbonyl (C=O) groups excluding carboxylic acids is 1. The van der Waals surface area contributed by atoms with Crippen molar-refractivity contribution >= 4 is 17.5 Å². The summed E-state index contributed by atoms with van der Waals surface area (Å²) in [5.41, 5.74) is 7.41. The van der Waals surface area contributed by atoms with Crippen molar-refractivity contribution in [1.29, 1.82) is 0 Å². The summed E-state index contributed by atoms with van der Waals surface area (Å²) in [4.78, 5) is 11.1. The standard InChI is InChI=1S/C12H12ClNO/c1-2-9-5-6-11(12(14)15)10(8-9)4-3-7-13/h1,5-6,8H,3-4,7H2,(H2,14,15). The summed E-state index contributed by atoms with van der Waals surface area (Å²) in [5.74, 6) is 2.65. The Kier molecular flexibility index (Phi) is 4.20. The van der Waals surface area contributed by atoms with Crippen molar-refractivity contribution in [3.8, 4) is 12.3 Å². The van der Waals surface area contributed by atoms with Crippen LogP contribution in [-0.2, 0) is 6.42 Å². The van der Waals surface area contributed by atoms with Crippen LogP contribution in [0, 0.1) is 12.3 Å². The molecule has 1 aromatic carbocycles. The van der Waals surface area contributed by atoms with Gasteiger partial charge in [-0.25, -0.2) is 0 Å². The average Bonchev–Trinajstić information content (AvgIpc) is 2.25. The number of terminal acetylenes is 1. The van der Waals surface area contributed by atoms with Crippen molar-refractivity contribution in [2.45, 2.75) is 12.8 Å². The molecule has 2 nitrogen and oxygen atoms in total. The summed E-state index contributed by atoms with van der Waals surface area (Å²) in [5, 5.41) is 0. The van der Waals surface area contributed by atoms with Crippen LogP contribution < -0.4 is 5.73 Å². The molecule has 0 heterocycles. The Morgan fingerprint density at radius 1 is 1.53 bits per heavy atom. The van der Waals surface area contributed by atoms with Gasteiger partial charge in [-0.1, -0.05) is 5.92 Å². The molecule has 0 aromatic heterocycles. The van der Waals surface area contributed by atoms with E-state index in [1.807, 2.05) is 6.07 Å². The second kappa shape index (κ2) is 5.43. The van der Waals surface area contributed by atoms with Crippen molar-refractivity contribution < 1.29 is 4.79 Å². The second-order valence-electron chi connectivity index (χ2n) is 3.17. The lowest BCUT2D eigenvalue weighted by Crippen LogP contribution is -2.14. The minimum Gasteiger partial charge on any atom is -0.366 e. The number of alkyl halides is 1. The zero-order chi connectivity index (χ0) is 11.3. The molecule has 0 unspecified atom stereocenters. The summed E-state index contributed by atoms with van der Waals surface area (Å²) in [6.07, 6.45) is 6.80. The lowest BCUT2D eigenvalue weighted by atomic mass is 10.00. The highest BCUT2D eigenvalue weighted by atomic mass is 35.5. The van der Waals surface area contributed by atoms with E-state index in [1.54, 1.807) is 12.1 Å². The third kappa shape index (κ3) is 3.00. The quantitative estimate of drug-likeness (QED) is 0.613. The highest BCUT2D eigenvalue weighted by Gasteiger charge is 2.07. The molecule has 1 amide bonds. The van der Waals surface area contributed by atoms with Crippen LogP contribution in [0.4, 0.5) is 0 Å². The van der Waals surface area contributed by atoms with Crippen LogP contribution >= 0.6 is 11.6 Å². The maximum absolute atomic E-state index is 11.1. The van der Waals surface area contributed by atoms with Crippen molar-refractivity contribution in [3.63, 3.8) is 0 Å². The molecule has 0 saturated heterocycles. The van der Waals surface area contributed by atoms with Gasteiger partial charge in [0.25, 0.3) is 0 Å². The third-order valence-corrected chi connectivity index (χ3v) is 2.38. The van der Waals surface area contributed by atoms with Gasteiger partial charge in [0.2, 0.25) is 5.91 Å². The number of carbonyl (C=O) groups is 1. The van der Waals surface area contributed by atoms with Gasteiger partial charge < -0.3 is 5.73 Å². The molecule has 0 saturated carbocycles. The molecule has 1 rings (SSSR count). The molecule has 0 spiro atoms. The predicted molar refractivity (Wildman–Crippen MR) is 61.9 cm³/mol. The molecule has 0 fully saturated rings. The minimum atomic E-state index is -0.428. The van der Waals surface area contributed by atoms with Crippen LogP contribution in [-0.4, -0.2) is 11.8 Å². The third-order valence-electron chi connectivity index (χ3n) is 2.12. The van der Waals surface area contributed by atoms with Gasteiger partial charge in [0, 0.05) is 17.0 Å². The first-order valence-electron chi connectivity index (χ1n) is 4.64. The van der Waals surface area contributed by atoms with E-state index in [-0.39, 0.29) is 0 Å². The first kappa shape index (κ1) is 11.6. The molecule has 0 aliphatic rings. The van der Waals surface area contributed by atoms with E-state index in [2.05, 4.69) is 5.92 Å². The summed E-state index contributed by atoms with van der Waals surface area (Å²) >= 11 is 5.60. The molecule has 0 radical (unpaired) electrons. The normalized spacial score (nSPS) is 9.60. The molecule has 15 heavy (non-hydrogen) atoms. The highest BCUT2D eigenvalue weighted by molar-refractivity contribution is 6.17. The first-order chi connectivity index (χ1) is 7.19. The number of nitrogens with two attached hydrogens (primary N) is 1. The molecule has 1 aromatic rings. The summed E-state index contributed by atoms with van der Waals surface area (Å²) in [6.45, 7) is 0. The monoisotopic (exact) mass is 221 g/mol. The number of hydrogen-bond acceptors (Lipinski definition) is 1. The van der Waals surface area contributed by atoms with Gasteiger partial charge in [0.15, 0.2) is 0 Å². The van der Waals surface area contributed by atoms with Crippen LogP contribution in [0.3, 0.4) is 0 Å². The summed E-state index contributed by atoms with van der Waals surface area (Å²) < 4.78 is 0. The maximum atomic E-state index is 11.1. The van der Waals surface area contributed by atoms with E-state index in [0.717, 1.165) is 24.0 Å². The zero-order valence-electron chi connectivity index (χ0n) is 8.29. The second-order valence-corrected chi connectivity index (χ2v) is 3.55. The molecular weight excluding hydrogens is 210 g/mol. The number of primary amides is 1. The fourth-order valence-corrected chi connectivity index (χ4v) is 1.52. The average molecular weight is 222 g/mol. The molecule has 0 aliphatic heterocycles. The SMILES string of the molecule is C#Cc1ccc(C(N)=O)c(CCCCl)c1. The lowest BCUT2D eigenvalue weighted by Gasteiger charge is -2.06. The van der Waals surface area contributed by atoms with E-state index < -0.39 is 5.91 Å². The van der Waals surface area contributed by atoms with Crippen molar-refractivity contribution in [1.82, 2.24) is 0 Å². The van der Waals surface area contributed by atoms with Crippen molar-refractivity contribution in [2.24, 2.45) is 5.73 Å². The number of aryl methyl sites for hydroxylation is 1. The Bertz CT molecular complexity index is 407. The maximum Gasteiger partial charge on any atom is 0.248 e. The van der Waals surface area contributed by atoms with Crippen molar-refractivity contribution in [3.05, 3.63) is 34.9 Å². The van der Waals surface area contributed by atoms with Crippen LogP contribution in [0.1, 0.15) is 27.9 Å². The van der Waals surface area contributed by atoms with E-state index >= 15 is 0 Å². The van der Waals surface area contributed by atoms with Gasteiger partial charge in [-0.05, 0) is 36.6 Å². The first-order valence-corrected chi connectivity index (χ1v) is 5.17. The fourth-order valence-electron chi connectivity index (χ4n) is 1.39. The van der Waals surface area contributed by atoms with Crippen LogP contribution in [0.15, 0.2) is 18.2 Å². The Hall–Kier alpha value is -1.46. The fraction of sp³-hybridized carbons (Fsp3) is 0.250. The summed E-state index contributed by atoms with van der Waals surface area (Å²) in [6, 6.07) is 5.19. The molecule has 78 valence electrons. The largest absolute Gasteiger partial charge is 0.366 e. The summed E-state index contributed by atoms with van der Waals surface area (Å²) in [7, 11) is 0. The number of rotatable bonds is 4. The lowest BCUT2D eigenvalue weighted by molar-refractivity contribution is 0.0999. The zero-order valence-corrected chi connectivity index (χ0v) is 9.05.